The highest BCUT2D eigenvalue weighted by molar-refractivity contribution is 7.15. The quantitative estimate of drug-likeness (QED) is 0.561. The second-order valence-electron chi connectivity index (χ2n) is 11.8. The minimum Gasteiger partial charge on any atom is -0.497 e. The first-order valence-electron chi connectivity index (χ1n) is 13.8. The van der Waals surface area contributed by atoms with Crippen molar-refractivity contribution in [2.24, 2.45) is 23.2 Å². The summed E-state index contributed by atoms with van der Waals surface area (Å²) in [5, 5.41) is 16.1. The number of carbonyl (C=O) groups is 1. The number of methoxy groups -OCH3 is 2. The maximum Gasteiger partial charge on any atom is 0.225 e. The first-order chi connectivity index (χ1) is 18.1. The van der Waals surface area contributed by atoms with Crippen LogP contribution in [-0.4, -0.2) is 79.3 Å². The van der Waals surface area contributed by atoms with Crippen LogP contribution in [0.25, 0.3) is 0 Å². The Kier molecular flexibility index (Phi) is 7.64. The average molecular weight is 543 g/mol. The number of hydrogen-bond donors (Lipinski definition) is 2. The lowest BCUT2D eigenvalue weighted by molar-refractivity contribution is -0.146. The molecule has 1 saturated carbocycles. The molecule has 2 aliphatic carbocycles. The number of likely N-dealkylation sites (N-methyl/N-ethyl adjacent to an activating group) is 1. The molecule has 1 amide bonds. The van der Waals surface area contributed by atoms with Gasteiger partial charge in [-0.1, -0.05) is 20.8 Å². The number of nitrogens with zero attached hydrogens (tertiary/aromatic N) is 3. The van der Waals surface area contributed by atoms with Crippen LogP contribution in [0.1, 0.15) is 50.1 Å². The number of piperazine rings is 1. The van der Waals surface area contributed by atoms with Gasteiger partial charge < -0.3 is 29.7 Å². The summed E-state index contributed by atoms with van der Waals surface area (Å²) in [6.07, 6.45) is 2.26. The van der Waals surface area contributed by atoms with Gasteiger partial charge in [-0.15, -0.1) is 11.3 Å². The smallest absolute Gasteiger partial charge is 0.225 e. The van der Waals surface area contributed by atoms with Gasteiger partial charge in [0.25, 0.3) is 0 Å². The van der Waals surface area contributed by atoms with E-state index in [4.69, 9.17) is 14.5 Å². The van der Waals surface area contributed by atoms with Crippen molar-refractivity contribution >= 4 is 28.1 Å². The Hall–Kier alpha value is -2.36. The number of anilines is 2. The molecule has 38 heavy (non-hydrogen) atoms. The zero-order valence-electron chi connectivity index (χ0n) is 23.5. The minimum atomic E-state index is -0.528. The summed E-state index contributed by atoms with van der Waals surface area (Å²) in [4.78, 5) is 24.0. The monoisotopic (exact) mass is 542 g/mol. The topological polar surface area (TPSA) is 87.2 Å². The van der Waals surface area contributed by atoms with Crippen molar-refractivity contribution in [1.82, 2.24) is 14.8 Å². The number of benzene rings is 1. The standard InChI is InChI=1S/C29H42N4O4S/c1-17(27(35)33-13-11-32(4)12-14-33)20-9-10-29(3)16-23-25(18(2)24(29)26(20)34)31-28(38-23)30-21-15-19(36-5)7-8-22(21)37-6/h7-8,15,17-18,20,24,26,34H,9-14,16H2,1-6H3,(H,30,31). The fourth-order valence-corrected chi connectivity index (χ4v) is 8.40. The number of aromatic nitrogens is 1. The van der Waals surface area contributed by atoms with E-state index in [9.17, 15) is 9.90 Å². The lowest BCUT2D eigenvalue weighted by Gasteiger charge is -2.53. The number of fused-ring (bicyclic) bond motifs is 2. The number of thiazole rings is 1. The third-order valence-corrected chi connectivity index (χ3v) is 10.4. The summed E-state index contributed by atoms with van der Waals surface area (Å²) in [6, 6.07) is 5.67. The summed E-state index contributed by atoms with van der Waals surface area (Å²) in [7, 11) is 5.40. The van der Waals surface area contributed by atoms with E-state index in [0.717, 1.165) is 73.5 Å². The van der Waals surface area contributed by atoms with Crippen molar-refractivity contribution in [3.8, 4) is 11.5 Å². The van der Waals surface area contributed by atoms with Crippen molar-refractivity contribution in [1.29, 1.82) is 0 Å². The summed E-state index contributed by atoms with van der Waals surface area (Å²) >= 11 is 1.69. The van der Waals surface area contributed by atoms with Crippen molar-refractivity contribution in [2.75, 3.05) is 52.8 Å². The summed E-state index contributed by atoms with van der Waals surface area (Å²) in [5.74, 6) is 1.63. The van der Waals surface area contributed by atoms with E-state index in [1.807, 2.05) is 30.0 Å². The Morgan fingerprint density at radius 3 is 2.66 bits per heavy atom. The summed E-state index contributed by atoms with van der Waals surface area (Å²) in [5.41, 5.74) is 1.86. The molecule has 1 aromatic heterocycles. The highest BCUT2D eigenvalue weighted by atomic mass is 32.1. The van der Waals surface area contributed by atoms with Crippen LogP contribution >= 0.6 is 11.3 Å². The van der Waals surface area contributed by atoms with Gasteiger partial charge in [0.1, 0.15) is 11.5 Å². The maximum atomic E-state index is 13.4. The molecule has 1 saturated heterocycles. The van der Waals surface area contributed by atoms with Crippen LogP contribution < -0.4 is 14.8 Å². The molecule has 8 nitrogen and oxygen atoms in total. The fourth-order valence-electron chi connectivity index (χ4n) is 7.12. The van der Waals surface area contributed by atoms with Gasteiger partial charge in [-0.05, 0) is 55.7 Å². The number of carbonyl (C=O) groups excluding carboxylic acids is 1. The highest BCUT2D eigenvalue weighted by Crippen LogP contribution is 2.57. The molecule has 5 rings (SSSR count). The first kappa shape index (κ1) is 27.2. The van der Waals surface area contributed by atoms with Gasteiger partial charge in [0.05, 0.1) is 31.7 Å². The van der Waals surface area contributed by atoms with E-state index < -0.39 is 6.10 Å². The molecular formula is C29H42N4O4S. The molecule has 1 aromatic carbocycles. The van der Waals surface area contributed by atoms with Crippen LogP contribution in [-0.2, 0) is 11.2 Å². The largest absolute Gasteiger partial charge is 0.497 e. The molecule has 2 N–H and O–H groups in total. The number of aliphatic hydroxyl groups is 1. The van der Waals surface area contributed by atoms with Crippen molar-refractivity contribution in [3.63, 3.8) is 0 Å². The Balaban J connectivity index is 1.35. The van der Waals surface area contributed by atoms with Gasteiger partial charge in [0, 0.05) is 49.0 Å². The molecule has 2 heterocycles. The van der Waals surface area contributed by atoms with Crippen LogP contribution in [0.15, 0.2) is 18.2 Å². The summed E-state index contributed by atoms with van der Waals surface area (Å²) in [6.45, 7) is 9.92. The van der Waals surface area contributed by atoms with Crippen LogP contribution in [0.4, 0.5) is 10.8 Å². The van der Waals surface area contributed by atoms with Crippen molar-refractivity contribution < 1.29 is 19.4 Å². The summed E-state index contributed by atoms with van der Waals surface area (Å²) < 4.78 is 10.9. The predicted octanol–water partition coefficient (Wildman–Crippen LogP) is 4.37. The normalized spacial score (nSPS) is 30.2. The molecule has 2 aromatic rings. The lowest BCUT2D eigenvalue weighted by Crippen LogP contribution is -2.55. The average Bonchev–Trinajstić information content (AvgIpc) is 3.30. The SMILES string of the molecule is COc1ccc(OC)c(Nc2nc3c(s2)CC2(C)CCC(C(C)C(=O)N4CCN(C)CC4)C(O)C2C3C)c1. The van der Waals surface area contributed by atoms with Gasteiger partial charge in [-0.3, -0.25) is 4.79 Å². The van der Waals surface area contributed by atoms with Gasteiger partial charge in [0.15, 0.2) is 5.13 Å². The van der Waals surface area contributed by atoms with E-state index in [0.29, 0.717) is 0 Å². The minimum absolute atomic E-state index is 0.0175. The molecule has 0 bridgehead atoms. The highest BCUT2D eigenvalue weighted by Gasteiger charge is 2.54. The van der Waals surface area contributed by atoms with E-state index in [-0.39, 0.29) is 35.0 Å². The molecule has 9 heteroatoms. The second kappa shape index (κ2) is 10.7. The fraction of sp³-hybridized carbons (Fsp3) is 0.655. The number of ether oxygens (including phenoxy) is 2. The number of amides is 1. The Morgan fingerprint density at radius 2 is 1.97 bits per heavy atom. The van der Waals surface area contributed by atoms with E-state index >= 15 is 0 Å². The maximum absolute atomic E-state index is 13.4. The molecule has 0 radical (unpaired) electrons. The molecule has 2 fully saturated rings. The first-order valence-corrected chi connectivity index (χ1v) is 14.6. The zero-order valence-corrected chi connectivity index (χ0v) is 24.3. The van der Waals surface area contributed by atoms with Crippen LogP contribution in [0.2, 0.25) is 0 Å². The Morgan fingerprint density at radius 1 is 1.24 bits per heavy atom. The number of hydrogen-bond acceptors (Lipinski definition) is 8. The molecule has 1 aliphatic heterocycles. The lowest BCUT2D eigenvalue weighted by atomic mass is 9.53. The molecular weight excluding hydrogens is 500 g/mol. The molecule has 6 atom stereocenters. The third kappa shape index (κ3) is 4.89. The third-order valence-electron chi connectivity index (χ3n) is 9.42. The van der Waals surface area contributed by atoms with Gasteiger partial charge in [-0.25, -0.2) is 4.98 Å². The van der Waals surface area contributed by atoms with Crippen LogP contribution in [0.5, 0.6) is 11.5 Å². The van der Waals surface area contributed by atoms with E-state index in [2.05, 4.69) is 31.1 Å². The van der Waals surface area contributed by atoms with Crippen LogP contribution in [0.3, 0.4) is 0 Å². The zero-order chi connectivity index (χ0) is 27.2. The number of nitrogens with one attached hydrogen (secondary N) is 1. The number of rotatable bonds is 6. The van der Waals surface area contributed by atoms with Crippen molar-refractivity contribution in [3.05, 3.63) is 28.8 Å². The van der Waals surface area contributed by atoms with Gasteiger partial charge in [-0.2, -0.15) is 0 Å². The van der Waals surface area contributed by atoms with Gasteiger partial charge in [0.2, 0.25) is 5.91 Å². The van der Waals surface area contributed by atoms with E-state index in [1.54, 1.807) is 25.6 Å². The van der Waals surface area contributed by atoms with Crippen molar-refractivity contribution in [2.45, 2.75) is 52.1 Å². The van der Waals surface area contributed by atoms with Gasteiger partial charge >= 0.3 is 0 Å². The predicted molar refractivity (Wildman–Crippen MR) is 151 cm³/mol. The Labute approximate surface area is 230 Å². The number of aliphatic hydroxyl groups excluding tert-OH is 1. The molecule has 3 aliphatic rings. The Bertz CT molecular complexity index is 1160. The van der Waals surface area contributed by atoms with Crippen LogP contribution in [0, 0.1) is 23.2 Å². The van der Waals surface area contributed by atoms with E-state index in [1.165, 1.54) is 4.88 Å². The molecule has 0 spiro atoms. The second-order valence-corrected chi connectivity index (χ2v) is 12.9. The molecule has 6 unspecified atom stereocenters. The molecule has 208 valence electrons.